The van der Waals surface area contributed by atoms with Crippen molar-refractivity contribution >= 4 is 21.6 Å². The molecule has 0 aliphatic rings. The van der Waals surface area contributed by atoms with Crippen LogP contribution in [-0.2, 0) is 16.6 Å². The first-order chi connectivity index (χ1) is 7.87. The molecule has 0 fully saturated rings. The van der Waals surface area contributed by atoms with Gasteiger partial charge in [-0.1, -0.05) is 12.1 Å². The fourth-order valence-corrected chi connectivity index (χ4v) is 2.90. The minimum Gasteiger partial charge on any atom is -0.212 e. The Morgan fingerprint density at radius 1 is 1.35 bits per heavy atom. The van der Waals surface area contributed by atoms with Gasteiger partial charge in [0.25, 0.3) is 0 Å². The van der Waals surface area contributed by atoms with E-state index in [4.69, 9.17) is 11.6 Å². The fraction of sp³-hybridized carbons (Fsp3) is 0.455. The van der Waals surface area contributed by atoms with Crippen molar-refractivity contribution in [3.63, 3.8) is 0 Å². The van der Waals surface area contributed by atoms with E-state index in [1.807, 2.05) is 0 Å². The first-order valence-electron chi connectivity index (χ1n) is 5.13. The SMILES string of the molecule is CC(CCl)S(=O)(=O)N(C)Cc1ccc(F)cc1. The summed E-state index contributed by atoms with van der Waals surface area (Å²) in [6, 6.07) is 5.74. The Morgan fingerprint density at radius 3 is 2.35 bits per heavy atom. The third kappa shape index (κ3) is 3.66. The predicted octanol–water partition coefficient (Wildman–Crippen LogP) is 2.21. The van der Waals surface area contributed by atoms with Gasteiger partial charge in [0.2, 0.25) is 10.0 Å². The van der Waals surface area contributed by atoms with E-state index in [0.717, 1.165) is 5.56 Å². The third-order valence-electron chi connectivity index (χ3n) is 2.48. The van der Waals surface area contributed by atoms with Crippen LogP contribution in [0, 0.1) is 5.82 Å². The zero-order chi connectivity index (χ0) is 13.1. The molecule has 1 aromatic rings. The average molecular weight is 280 g/mol. The number of nitrogens with zero attached hydrogens (tertiary/aromatic N) is 1. The van der Waals surface area contributed by atoms with E-state index in [9.17, 15) is 12.8 Å². The lowest BCUT2D eigenvalue weighted by molar-refractivity contribution is 0.460. The largest absolute Gasteiger partial charge is 0.217 e. The maximum atomic E-state index is 12.7. The zero-order valence-corrected chi connectivity index (χ0v) is 11.3. The van der Waals surface area contributed by atoms with Crippen LogP contribution in [0.3, 0.4) is 0 Å². The standard InChI is InChI=1S/C11H15ClFNO2S/c1-9(7-12)17(15,16)14(2)8-10-3-5-11(13)6-4-10/h3-6,9H,7-8H2,1-2H3. The van der Waals surface area contributed by atoms with Gasteiger partial charge in [0.05, 0.1) is 5.25 Å². The van der Waals surface area contributed by atoms with Crippen LogP contribution >= 0.6 is 11.6 Å². The molecule has 0 spiro atoms. The number of alkyl halides is 1. The number of hydrogen-bond acceptors (Lipinski definition) is 2. The molecule has 0 amide bonds. The molecule has 1 atom stereocenters. The van der Waals surface area contributed by atoms with Crippen molar-refractivity contribution in [3.8, 4) is 0 Å². The number of hydrogen-bond donors (Lipinski definition) is 0. The van der Waals surface area contributed by atoms with Gasteiger partial charge in [0.15, 0.2) is 0 Å². The minimum atomic E-state index is -3.39. The topological polar surface area (TPSA) is 37.4 Å². The van der Waals surface area contributed by atoms with Gasteiger partial charge < -0.3 is 0 Å². The maximum Gasteiger partial charge on any atom is 0.217 e. The summed E-state index contributed by atoms with van der Waals surface area (Å²) in [6.07, 6.45) is 0. The Balaban J connectivity index is 2.79. The van der Waals surface area contributed by atoms with Gasteiger partial charge in [-0.05, 0) is 24.6 Å². The van der Waals surface area contributed by atoms with Gasteiger partial charge in [-0.15, -0.1) is 11.6 Å². The fourth-order valence-electron chi connectivity index (χ4n) is 1.32. The van der Waals surface area contributed by atoms with Crippen LogP contribution in [0.2, 0.25) is 0 Å². The Bertz CT molecular complexity index is 461. The summed E-state index contributed by atoms with van der Waals surface area (Å²) in [7, 11) is -1.90. The van der Waals surface area contributed by atoms with Gasteiger partial charge in [-0.25, -0.2) is 17.1 Å². The zero-order valence-electron chi connectivity index (χ0n) is 9.73. The molecule has 0 N–H and O–H groups in total. The Labute approximate surface area is 106 Å². The van der Waals surface area contributed by atoms with Crippen LogP contribution < -0.4 is 0 Å². The van der Waals surface area contributed by atoms with E-state index >= 15 is 0 Å². The Kier molecular flexibility index (Phi) is 4.91. The summed E-state index contributed by atoms with van der Waals surface area (Å²) < 4.78 is 37.7. The molecule has 3 nitrogen and oxygen atoms in total. The molecule has 1 unspecified atom stereocenters. The predicted molar refractivity (Wildman–Crippen MR) is 67.0 cm³/mol. The van der Waals surface area contributed by atoms with Gasteiger partial charge in [-0.3, -0.25) is 0 Å². The Morgan fingerprint density at radius 2 is 1.88 bits per heavy atom. The summed E-state index contributed by atoms with van der Waals surface area (Å²) in [5, 5.41) is -0.630. The minimum absolute atomic E-state index is 0.0517. The molecule has 0 aromatic heterocycles. The van der Waals surface area contributed by atoms with Gasteiger partial charge in [0.1, 0.15) is 5.82 Å². The van der Waals surface area contributed by atoms with Crippen molar-refractivity contribution in [3.05, 3.63) is 35.6 Å². The maximum absolute atomic E-state index is 12.7. The summed E-state index contributed by atoms with van der Waals surface area (Å²) >= 11 is 5.55. The quantitative estimate of drug-likeness (QED) is 0.775. The summed E-state index contributed by atoms with van der Waals surface area (Å²) in [4.78, 5) is 0. The highest BCUT2D eigenvalue weighted by atomic mass is 35.5. The molecule has 17 heavy (non-hydrogen) atoms. The monoisotopic (exact) mass is 279 g/mol. The highest BCUT2D eigenvalue weighted by molar-refractivity contribution is 7.89. The highest BCUT2D eigenvalue weighted by Crippen LogP contribution is 2.13. The highest BCUT2D eigenvalue weighted by Gasteiger charge is 2.24. The lowest BCUT2D eigenvalue weighted by Gasteiger charge is -2.20. The van der Waals surface area contributed by atoms with Crippen LogP contribution in [0.5, 0.6) is 0 Å². The molecule has 0 saturated heterocycles. The first-order valence-corrected chi connectivity index (χ1v) is 7.17. The molecular formula is C11H15ClFNO2S. The summed E-state index contributed by atoms with van der Waals surface area (Å²) in [6.45, 7) is 1.77. The first kappa shape index (κ1) is 14.4. The van der Waals surface area contributed by atoms with Gasteiger partial charge in [0, 0.05) is 19.5 Å². The second-order valence-corrected chi connectivity index (χ2v) is 6.66. The van der Waals surface area contributed by atoms with Crippen LogP contribution in [0.4, 0.5) is 4.39 Å². The smallest absolute Gasteiger partial charge is 0.212 e. The van der Waals surface area contributed by atoms with Crippen molar-refractivity contribution in [1.82, 2.24) is 4.31 Å². The lowest BCUT2D eigenvalue weighted by Crippen LogP contribution is -2.35. The average Bonchev–Trinajstić information content (AvgIpc) is 2.30. The third-order valence-corrected chi connectivity index (χ3v) is 5.31. The molecule has 96 valence electrons. The van der Waals surface area contributed by atoms with Crippen molar-refractivity contribution in [1.29, 1.82) is 0 Å². The van der Waals surface area contributed by atoms with Crippen molar-refractivity contribution < 1.29 is 12.8 Å². The van der Waals surface area contributed by atoms with E-state index in [1.54, 1.807) is 19.1 Å². The molecular weight excluding hydrogens is 265 g/mol. The second-order valence-electron chi connectivity index (χ2n) is 3.89. The van der Waals surface area contributed by atoms with E-state index in [0.29, 0.717) is 0 Å². The van der Waals surface area contributed by atoms with Crippen LogP contribution in [0.15, 0.2) is 24.3 Å². The van der Waals surface area contributed by atoms with Gasteiger partial charge >= 0.3 is 0 Å². The number of sulfonamides is 1. The van der Waals surface area contributed by atoms with E-state index < -0.39 is 15.3 Å². The normalized spacial score (nSPS) is 13.9. The summed E-state index contributed by atoms with van der Waals surface area (Å²) in [5.74, 6) is -0.288. The summed E-state index contributed by atoms with van der Waals surface area (Å²) in [5.41, 5.74) is 0.735. The van der Waals surface area contributed by atoms with E-state index in [2.05, 4.69) is 0 Å². The molecule has 0 aliphatic heterocycles. The number of rotatable bonds is 5. The van der Waals surface area contributed by atoms with Crippen LogP contribution in [0.1, 0.15) is 12.5 Å². The van der Waals surface area contributed by atoms with Crippen molar-refractivity contribution in [2.45, 2.75) is 18.7 Å². The molecule has 0 heterocycles. The van der Waals surface area contributed by atoms with Gasteiger partial charge in [-0.2, -0.15) is 0 Å². The molecule has 1 aromatic carbocycles. The Hall–Kier alpha value is -0.650. The number of benzene rings is 1. The van der Waals surface area contributed by atoms with Crippen LogP contribution in [-0.4, -0.2) is 30.9 Å². The molecule has 0 bridgehead atoms. The van der Waals surface area contributed by atoms with Crippen molar-refractivity contribution in [2.24, 2.45) is 0 Å². The van der Waals surface area contributed by atoms with Crippen LogP contribution in [0.25, 0.3) is 0 Å². The number of halogens is 2. The molecule has 1 rings (SSSR count). The molecule has 0 saturated carbocycles. The van der Waals surface area contributed by atoms with E-state index in [1.165, 1.54) is 23.5 Å². The molecule has 0 aliphatic carbocycles. The van der Waals surface area contributed by atoms with E-state index in [-0.39, 0.29) is 18.2 Å². The van der Waals surface area contributed by atoms with Crippen molar-refractivity contribution in [2.75, 3.05) is 12.9 Å². The second kappa shape index (κ2) is 5.80. The lowest BCUT2D eigenvalue weighted by atomic mass is 10.2. The molecule has 0 radical (unpaired) electrons. The molecule has 6 heteroatoms.